The van der Waals surface area contributed by atoms with Crippen LogP contribution in [0.1, 0.15) is 112 Å². The summed E-state index contributed by atoms with van der Waals surface area (Å²) in [5.41, 5.74) is 1.20. The van der Waals surface area contributed by atoms with Crippen molar-refractivity contribution in [2.45, 2.75) is 121 Å². The molecule has 2 aromatic rings. The molecule has 2 saturated heterocycles. The van der Waals surface area contributed by atoms with Crippen LogP contribution in [0.5, 0.6) is 0 Å². The SMILES string of the molecule is Cc1csc([C@H](CCN2[C@@H]3CC[C@H]2CC(n2c(C)nnc2C(C)C)C3)NC(=O)C2CCC(F)(F)CC2)c1. The Morgan fingerprint density at radius 2 is 1.78 bits per heavy atom. The normalized spacial score (nSPS) is 27.1. The molecule has 0 radical (unpaired) electrons. The molecule has 0 spiro atoms. The van der Waals surface area contributed by atoms with E-state index in [9.17, 15) is 13.6 Å². The minimum atomic E-state index is -2.62. The summed E-state index contributed by atoms with van der Waals surface area (Å²) in [6, 6.07) is 3.60. The lowest BCUT2D eigenvalue weighted by Gasteiger charge is -2.40. The summed E-state index contributed by atoms with van der Waals surface area (Å²) in [6.45, 7) is 9.44. The van der Waals surface area contributed by atoms with E-state index in [0.717, 1.165) is 42.3 Å². The third-order valence-corrected chi connectivity index (χ3v) is 9.97. The topological polar surface area (TPSA) is 63.1 Å². The average Bonchev–Trinajstić information content (AvgIpc) is 3.51. The molecular weight excluding hydrogens is 492 g/mol. The Balaban J connectivity index is 1.24. The predicted molar refractivity (Wildman–Crippen MR) is 142 cm³/mol. The number of amides is 1. The van der Waals surface area contributed by atoms with Crippen molar-refractivity contribution in [2.24, 2.45) is 5.92 Å². The van der Waals surface area contributed by atoms with Crippen LogP contribution in [0, 0.1) is 19.8 Å². The summed E-state index contributed by atoms with van der Waals surface area (Å²) in [4.78, 5) is 16.9. The molecule has 4 atom stereocenters. The van der Waals surface area contributed by atoms with E-state index < -0.39 is 5.92 Å². The number of aryl methyl sites for hydroxylation is 2. The molecule has 204 valence electrons. The molecule has 9 heteroatoms. The number of nitrogens with zero attached hydrogens (tertiary/aromatic N) is 4. The van der Waals surface area contributed by atoms with Crippen LogP contribution in [0.15, 0.2) is 11.4 Å². The number of hydrogen-bond donors (Lipinski definition) is 1. The van der Waals surface area contributed by atoms with Gasteiger partial charge >= 0.3 is 0 Å². The van der Waals surface area contributed by atoms with Gasteiger partial charge in [-0.05, 0) is 75.8 Å². The smallest absolute Gasteiger partial charge is 0.248 e. The van der Waals surface area contributed by atoms with Crippen molar-refractivity contribution in [2.75, 3.05) is 6.54 Å². The van der Waals surface area contributed by atoms with Crippen LogP contribution in [0.25, 0.3) is 0 Å². The Morgan fingerprint density at radius 3 is 2.38 bits per heavy atom. The summed E-state index contributed by atoms with van der Waals surface area (Å²) in [7, 11) is 0. The molecule has 4 heterocycles. The van der Waals surface area contributed by atoms with Gasteiger partial charge in [0.05, 0.1) is 6.04 Å². The number of thiophene rings is 1. The molecule has 2 bridgehead atoms. The second-order valence-electron chi connectivity index (χ2n) is 11.9. The zero-order valence-electron chi connectivity index (χ0n) is 22.6. The Bertz CT molecular complexity index is 1070. The molecule has 6 nitrogen and oxygen atoms in total. The van der Waals surface area contributed by atoms with E-state index in [1.54, 1.807) is 11.3 Å². The second kappa shape index (κ2) is 10.7. The van der Waals surface area contributed by atoms with E-state index in [1.807, 2.05) is 0 Å². The van der Waals surface area contributed by atoms with Crippen molar-refractivity contribution in [1.29, 1.82) is 0 Å². The fourth-order valence-electron chi connectivity index (χ4n) is 6.84. The second-order valence-corrected chi connectivity index (χ2v) is 12.8. The van der Waals surface area contributed by atoms with E-state index in [1.165, 1.54) is 18.4 Å². The summed E-state index contributed by atoms with van der Waals surface area (Å²) >= 11 is 1.68. The van der Waals surface area contributed by atoms with Gasteiger partial charge in [-0.15, -0.1) is 21.5 Å². The summed E-state index contributed by atoms with van der Waals surface area (Å²) in [5.74, 6) is -0.529. The highest BCUT2D eigenvalue weighted by Gasteiger charge is 2.42. The molecule has 1 N–H and O–H groups in total. The van der Waals surface area contributed by atoms with Crippen LogP contribution < -0.4 is 5.32 Å². The van der Waals surface area contributed by atoms with Crippen LogP contribution in [0.4, 0.5) is 8.78 Å². The number of fused-ring (bicyclic) bond motifs is 2. The number of aromatic nitrogens is 3. The van der Waals surface area contributed by atoms with Crippen LogP contribution in [-0.4, -0.2) is 50.1 Å². The van der Waals surface area contributed by atoms with E-state index >= 15 is 0 Å². The molecule has 1 aliphatic carbocycles. The standard InChI is InChI=1S/C28H41F2N5OS/c1-17(2)26-33-32-19(4)35(26)23-14-21-5-6-22(15-23)34(21)12-9-24(25-13-18(3)16-37-25)31-27(36)20-7-10-28(29,30)11-8-20/h13,16-17,20-24H,5-12,14-15H2,1-4H3,(H,31,36)/t21-,22+,23?,24-/m0/s1. The van der Waals surface area contributed by atoms with E-state index in [-0.39, 0.29) is 43.6 Å². The highest BCUT2D eigenvalue weighted by molar-refractivity contribution is 7.10. The van der Waals surface area contributed by atoms with Gasteiger partial charge in [-0.1, -0.05) is 13.8 Å². The molecule has 3 fully saturated rings. The Kier molecular flexibility index (Phi) is 7.74. The maximum absolute atomic E-state index is 13.6. The maximum Gasteiger partial charge on any atom is 0.248 e. The minimum absolute atomic E-state index is 0.0578. The van der Waals surface area contributed by atoms with Crippen molar-refractivity contribution in [3.63, 3.8) is 0 Å². The van der Waals surface area contributed by atoms with Crippen LogP contribution in [0.2, 0.25) is 0 Å². The van der Waals surface area contributed by atoms with Crippen LogP contribution in [-0.2, 0) is 4.79 Å². The maximum atomic E-state index is 13.6. The Morgan fingerprint density at radius 1 is 1.11 bits per heavy atom. The first kappa shape index (κ1) is 26.7. The van der Waals surface area contributed by atoms with Crippen molar-refractivity contribution in [3.05, 3.63) is 33.5 Å². The van der Waals surface area contributed by atoms with Gasteiger partial charge in [-0.2, -0.15) is 0 Å². The van der Waals surface area contributed by atoms with Gasteiger partial charge in [0.2, 0.25) is 11.8 Å². The van der Waals surface area contributed by atoms with Crippen molar-refractivity contribution in [1.82, 2.24) is 25.0 Å². The van der Waals surface area contributed by atoms with Gasteiger partial charge in [0.25, 0.3) is 0 Å². The molecule has 2 aliphatic heterocycles. The lowest BCUT2D eigenvalue weighted by Crippen LogP contribution is -2.45. The highest BCUT2D eigenvalue weighted by atomic mass is 32.1. The number of rotatable bonds is 8. The van der Waals surface area contributed by atoms with E-state index in [4.69, 9.17) is 0 Å². The van der Waals surface area contributed by atoms with Crippen LogP contribution >= 0.6 is 11.3 Å². The summed E-state index contributed by atoms with van der Waals surface area (Å²) < 4.78 is 29.7. The van der Waals surface area contributed by atoms with Crippen molar-refractivity contribution in [3.8, 4) is 0 Å². The number of nitrogens with one attached hydrogen (secondary N) is 1. The first-order valence-corrected chi connectivity index (χ1v) is 14.9. The first-order chi connectivity index (χ1) is 17.6. The van der Waals surface area contributed by atoms with Gasteiger partial charge in [-0.25, -0.2) is 8.78 Å². The van der Waals surface area contributed by atoms with Gasteiger partial charge in [0.15, 0.2) is 0 Å². The van der Waals surface area contributed by atoms with Crippen LogP contribution in [0.3, 0.4) is 0 Å². The quantitative estimate of drug-likeness (QED) is 0.431. The number of piperidine rings is 1. The first-order valence-electron chi connectivity index (χ1n) is 14.0. The highest BCUT2D eigenvalue weighted by Crippen LogP contribution is 2.43. The molecule has 5 rings (SSSR count). The number of carbonyl (C=O) groups excluding carboxylic acids is 1. The largest absolute Gasteiger partial charge is 0.348 e. The number of hydrogen-bond acceptors (Lipinski definition) is 5. The fourth-order valence-corrected chi connectivity index (χ4v) is 7.83. The minimum Gasteiger partial charge on any atom is -0.348 e. The molecule has 37 heavy (non-hydrogen) atoms. The molecule has 3 aliphatic rings. The third kappa shape index (κ3) is 5.77. The molecule has 1 unspecified atom stereocenters. The molecular formula is C28H41F2N5OS. The van der Waals surface area contributed by atoms with E-state index in [0.29, 0.717) is 24.0 Å². The monoisotopic (exact) mass is 533 g/mol. The Hall–Kier alpha value is -1.87. The molecule has 0 aromatic carbocycles. The molecule has 1 saturated carbocycles. The fraction of sp³-hybridized carbons (Fsp3) is 0.750. The lowest BCUT2D eigenvalue weighted by atomic mass is 9.86. The van der Waals surface area contributed by atoms with Gasteiger partial charge in [0, 0.05) is 54.2 Å². The number of halogens is 2. The van der Waals surface area contributed by atoms with E-state index in [2.05, 4.69) is 64.1 Å². The Labute approximate surface area is 223 Å². The third-order valence-electron chi connectivity index (χ3n) is 8.81. The van der Waals surface area contributed by atoms with Gasteiger partial charge in [-0.3, -0.25) is 9.69 Å². The number of carbonyl (C=O) groups is 1. The van der Waals surface area contributed by atoms with Gasteiger partial charge < -0.3 is 9.88 Å². The van der Waals surface area contributed by atoms with Gasteiger partial charge in [0.1, 0.15) is 11.6 Å². The predicted octanol–water partition coefficient (Wildman–Crippen LogP) is 6.32. The summed E-state index contributed by atoms with van der Waals surface area (Å²) in [5, 5.41) is 14.3. The van der Waals surface area contributed by atoms with Crippen molar-refractivity contribution < 1.29 is 13.6 Å². The summed E-state index contributed by atoms with van der Waals surface area (Å²) in [6.07, 6.45) is 5.67. The molecule has 2 aromatic heterocycles. The average molecular weight is 534 g/mol. The zero-order chi connectivity index (χ0) is 26.3. The molecule has 1 amide bonds. The van der Waals surface area contributed by atoms with Crippen molar-refractivity contribution >= 4 is 17.2 Å². The lowest BCUT2D eigenvalue weighted by molar-refractivity contribution is -0.130. The zero-order valence-corrected chi connectivity index (χ0v) is 23.4. The number of alkyl halides is 2.